The molecular formula is C13H20F2N4O. The fraction of sp³-hybridized carbons (Fsp3) is 0.538. The van der Waals surface area contributed by atoms with Crippen LogP contribution in [0, 0.1) is 11.6 Å². The van der Waals surface area contributed by atoms with Gasteiger partial charge in [-0.3, -0.25) is 4.79 Å². The van der Waals surface area contributed by atoms with Gasteiger partial charge in [-0.2, -0.15) is 0 Å². The number of hydrogen-bond donors (Lipinski definition) is 2. The van der Waals surface area contributed by atoms with Crippen LogP contribution in [0.2, 0.25) is 0 Å². The molecule has 0 spiro atoms. The van der Waals surface area contributed by atoms with Gasteiger partial charge in [0, 0.05) is 25.7 Å². The highest BCUT2D eigenvalue weighted by Crippen LogP contribution is 2.21. The normalized spacial score (nSPS) is 10.6. The maximum absolute atomic E-state index is 13.8. The van der Waals surface area contributed by atoms with Crippen molar-refractivity contribution < 1.29 is 13.6 Å². The van der Waals surface area contributed by atoms with Gasteiger partial charge in [0.2, 0.25) is 5.91 Å². The average Bonchev–Trinajstić information content (AvgIpc) is 2.35. The summed E-state index contributed by atoms with van der Waals surface area (Å²) in [6.45, 7) is 5.79. The first kappa shape index (κ1) is 16.1. The number of amides is 1. The van der Waals surface area contributed by atoms with Gasteiger partial charge in [0.25, 0.3) is 0 Å². The SMILES string of the molecule is CCN(CC(=O)NC(C)C)c1nc(NC)c(F)cc1F. The largest absolute Gasteiger partial charge is 0.371 e. The number of hydrogen-bond acceptors (Lipinski definition) is 4. The van der Waals surface area contributed by atoms with Gasteiger partial charge in [0.05, 0.1) is 6.54 Å². The lowest BCUT2D eigenvalue weighted by atomic mass is 10.3. The lowest BCUT2D eigenvalue weighted by Gasteiger charge is -2.23. The van der Waals surface area contributed by atoms with Gasteiger partial charge in [-0.15, -0.1) is 0 Å². The van der Waals surface area contributed by atoms with Crippen LogP contribution in [0.15, 0.2) is 6.07 Å². The molecule has 0 fully saturated rings. The molecule has 1 rings (SSSR count). The minimum absolute atomic E-state index is 0.0000921. The van der Waals surface area contributed by atoms with E-state index in [0.29, 0.717) is 6.54 Å². The smallest absolute Gasteiger partial charge is 0.239 e. The van der Waals surface area contributed by atoms with Crippen LogP contribution < -0.4 is 15.5 Å². The Labute approximate surface area is 117 Å². The maximum Gasteiger partial charge on any atom is 0.239 e. The molecule has 0 aromatic carbocycles. The van der Waals surface area contributed by atoms with E-state index in [0.717, 1.165) is 6.07 Å². The van der Waals surface area contributed by atoms with E-state index in [-0.39, 0.29) is 30.1 Å². The first-order valence-corrected chi connectivity index (χ1v) is 6.47. The molecule has 0 saturated carbocycles. The van der Waals surface area contributed by atoms with Crippen molar-refractivity contribution >= 4 is 17.5 Å². The molecule has 2 N–H and O–H groups in total. The molecule has 1 amide bonds. The van der Waals surface area contributed by atoms with Crippen LogP contribution >= 0.6 is 0 Å². The Kier molecular flexibility index (Phi) is 5.66. The van der Waals surface area contributed by atoms with E-state index >= 15 is 0 Å². The molecule has 5 nitrogen and oxygen atoms in total. The molecule has 0 aliphatic carbocycles. The molecule has 0 radical (unpaired) electrons. The van der Waals surface area contributed by atoms with E-state index in [1.54, 1.807) is 6.92 Å². The summed E-state index contributed by atoms with van der Waals surface area (Å²) in [6.07, 6.45) is 0. The number of nitrogens with one attached hydrogen (secondary N) is 2. The summed E-state index contributed by atoms with van der Waals surface area (Å²) in [5, 5.41) is 5.26. The Balaban J connectivity index is 2.97. The van der Waals surface area contributed by atoms with Crippen molar-refractivity contribution in [2.45, 2.75) is 26.8 Å². The molecule has 1 heterocycles. The van der Waals surface area contributed by atoms with Gasteiger partial charge in [-0.05, 0) is 20.8 Å². The summed E-state index contributed by atoms with van der Waals surface area (Å²) in [6, 6.07) is 0.761. The van der Waals surface area contributed by atoms with Gasteiger partial charge in [-0.25, -0.2) is 13.8 Å². The van der Waals surface area contributed by atoms with E-state index < -0.39 is 11.6 Å². The number of carbonyl (C=O) groups excluding carboxylic acids is 1. The van der Waals surface area contributed by atoms with Crippen LogP contribution in [0.5, 0.6) is 0 Å². The Morgan fingerprint density at radius 2 is 2.05 bits per heavy atom. The zero-order valence-electron chi connectivity index (χ0n) is 12.1. The number of carbonyl (C=O) groups is 1. The second-order valence-electron chi connectivity index (χ2n) is 4.61. The third-order valence-electron chi connectivity index (χ3n) is 2.61. The lowest BCUT2D eigenvalue weighted by Crippen LogP contribution is -2.40. The second-order valence-corrected chi connectivity index (χ2v) is 4.61. The van der Waals surface area contributed by atoms with Crippen molar-refractivity contribution in [2.24, 2.45) is 0 Å². The third-order valence-corrected chi connectivity index (χ3v) is 2.61. The van der Waals surface area contributed by atoms with Gasteiger partial charge in [0.1, 0.15) is 0 Å². The van der Waals surface area contributed by atoms with Crippen LogP contribution in [0.3, 0.4) is 0 Å². The highest BCUT2D eigenvalue weighted by molar-refractivity contribution is 5.81. The Morgan fingerprint density at radius 1 is 1.40 bits per heavy atom. The van der Waals surface area contributed by atoms with Crippen molar-refractivity contribution in [1.29, 1.82) is 0 Å². The lowest BCUT2D eigenvalue weighted by molar-refractivity contribution is -0.120. The number of likely N-dealkylation sites (N-methyl/N-ethyl adjacent to an activating group) is 1. The topological polar surface area (TPSA) is 57.3 Å². The summed E-state index contributed by atoms with van der Waals surface area (Å²) < 4.78 is 27.2. The second kappa shape index (κ2) is 7.02. The molecule has 1 aromatic heterocycles. The molecule has 0 bridgehead atoms. The molecule has 0 aliphatic rings. The maximum atomic E-state index is 13.8. The fourth-order valence-corrected chi connectivity index (χ4v) is 1.73. The number of pyridine rings is 1. The minimum atomic E-state index is -0.791. The highest BCUT2D eigenvalue weighted by Gasteiger charge is 2.18. The number of halogens is 2. The van der Waals surface area contributed by atoms with Crippen molar-refractivity contribution in [3.63, 3.8) is 0 Å². The molecule has 0 unspecified atom stereocenters. The number of aromatic nitrogens is 1. The monoisotopic (exact) mass is 286 g/mol. The molecular weight excluding hydrogens is 266 g/mol. The predicted octanol–water partition coefficient (Wildman–Crippen LogP) is 1.75. The molecule has 0 atom stereocenters. The zero-order chi connectivity index (χ0) is 15.3. The average molecular weight is 286 g/mol. The van der Waals surface area contributed by atoms with E-state index in [1.807, 2.05) is 13.8 Å². The van der Waals surface area contributed by atoms with Gasteiger partial charge < -0.3 is 15.5 Å². The molecule has 0 aliphatic heterocycles. The summed E-state index contributed by atoms with van der Waals surface area (Å²) >= 11 is 0. The van der Waals surface area contributed by atoms with Crippen LogP contribution in [0.1, 0.15) is 20.8 Å². The molecule has 1 aromatic rings. The molecule has 20 heavy (non-hydrogen) atoms. The quantitative estimate of drug-likeness (QED) is 0.836. The highest BCUT2D eigenvalue weighted by atomic mass is 19.1. The Bertz CT molecular complexity index is 480. The van der Waals surface area contributed by atoms with Gasteiger partial charge in [0.15, 0.2) is 23.3 Å². The van der Waals surface area contributed by atoms with Crippen LogP contribution in [-0.4, -0.2) is 37.1 Å². The Hall–Kier alpha value is -1.92. The van der Waals surface area contributed by atoms with E-state index in [1.165, 1.54) is 11.9 Å². The predicted molar refractivity (Wildman–Crippen MR) is 74.9 cm³/mol. The third kappa shape index (κ3) is 4.04. The number of nitrogens with zero attached hydrogens (tertiary/aromatic N) is 2. The van der Waals surface area contributed by atoms with Crippen LogP contribution in [0.4, 0.5) is 20.4 Å². The van der Waals surface area contributed by atoms with Crippen molar-refractivity contribution in [3.05, 3.63) is 17.7 Å². The van der Waals surface area contributed by atoms with Crippen LogP contribution in [-0.2, 0) is 4.79 Å². The van der Waals surface area contributed by atoms with Crippen molar-refractivity contribution in [1.82, 2.24) is 10.3 Å². The van der Waals surface area contributed by atoms with Gasteiger partial charge >= 0.3 is 0 Å². The zero-order valence-corrected chi connectivity index (χ0v) is 12.1. The molecule has 7 heteroatoms. The fourth-order valence-electron chi connectivity index (χ4n) is 1.73. The number of rotatable bonds is 6. The van der Waals surface area contributed by atoms with Crippen molar-refractivity contribution in [2.75, 3.05) is 30.4 Å². The first-order chi connectivity index (χ1) is 9.38. The summed E-state index contributed by atoms with van der Waals surface area (Å²) in [5.41, 5.74) is 0. The standard InChI is InChI=1S/C13H20F2N4O/c1-5-19(7-11(20)17-8(2)3)13-10(15)6-9(14)12(16-4)18-13/h6,8H,5,7H2,1-4H3,(H,16,18)(H,17,20). The van der Waals surface area contributed by atoms with E-state index in [2.05, 4.69) is 15.6 Å². The first-order valence-electron chi connectivity index (χ1n) is 6.47. The summed E-state index contributed by atoms with van der Waals surface area (Å²) in [4.78, 5) is 17.1. The van der Waals surface area contributed by atoms with Crippen molar-refractivity contribution in [3.8, 4) is 0 Å². The van der Waals surface area contributed by atoms with Crippen LogP contribution in [0.25, 0.3) is 0 Å². The summed E-state index contributed by atoms with van der Waals surface area (Å²) in [5.74, 6) is -1.89. The van der Waals surface area contributed by atoms with E-state index in [4.69, 9.17) is 0 Å². The number of anilines is 2. The molecule has 0 saturated heterocycles. The minimum Gasteiger partial charge on any atom is -0.371 e. The van der Waals surface area contributed by atoms with E-state index in [9.17, 15) is 13.6 Å². The molecule has 112 valence electrons. The van der Waals surface area contributed by atoms with Gasteiger partial charge in [-0.1, -0.05) is 0 Å². The summed E-state index contributed by atoms with van der Waals surface area (Å²) in [7, 11) is 1.49. The Morgan fingerprint density at radius 3 is 2.55 bits per heavy atom.